The number of carbonyl (C=O) groups excluding carboxylic acids is 1. The van der Waals surface area contributed by atoms with Crippen molar-refractivity contribution in [3.63, 3.8) is 0 Å². The minimum absolute atomic E-state index is 0.233. The van der Waals surface area contributed by atoms with Gasteiger partial charge >= 0.3 is 0 Å². The fourth-order valence-corrected chi connectivity index (χ4v) is 1.27. The molecule has 0 aliphatic rings. The molecule has 0 bridgehead atoms. The van der Waals surface area contributed by atoms with E-state index in [1.807, 2.05) is 31.2 Å². The highest BCUT2D eigenvalue weighted by Gasteiger charge is 2.03. The van der Waals surface area contributed by atoms with Crippen molar-refractivity contribution in [2.45, 2.75) is 13.5 Å². The van der Waals surface area contributed by atoms with Gasteiger partial charge in [-0.1, -0.05) is 24.8 Å². The molecule has 0 spiro atoms. The highest BCUT2D eigenvalue weighted by molar-refractivity contribution is 7.96. The van der Waals surface area contributed by atoms with Gasteiger partial charge in [0.15, 0.2) is 0 Å². The van der Waals surface area contributed by atoms with Gasteiger partial charge < -0.3 is 9.64 Å². The molecule has 0 aromatic heterocycles. The molecule has 0 radical (unpaired) electrons. The zero-order valence-corrected chi connectivity index (χ0v) is 9.83. The van der Waals surface area contributed by atoms with Gasteiger partial charge in [0.05, 0.1) is 6.61 Å². The molecule has 3 nitrogen and oxygen atoms in total. The molecule has 0 saturated carbocycles. The lowest BCUT2D eigenvalue weighted by Crippen LogP contribution is -2.19. The topological polar surface area (TPSA) is 29.5 Å². The first-order chi connectivity index (χ1) is 7.13. The van der Waals surface area contributed by atoms with E-state index in [0.29, 0.717) is 13.2 Å². The van der Waals surface area contributed by atoms with Gasteiger partial charge in [0.2, 0.25) is 0 Å². The maximum absolute atomic E-state index is 10.9. The van der Waals surface area contributed by atoms with Crippen LogP contribution in [0.4, 0.5) is 4.79 Å². The monoisotopic (exact) mass is 225 g/mol. The normalized spacial score (nSPS) is 9.80. The molecule has 0 heterocycles. The molecule has 1 aromatic rings. The van der Waals surface area contributed by atoms with Crippen LogP contribution in [-0.2, 0) is 6.54 Å². The number of nitrogens with zero attached hydrogens (tertiary/aromatic N) is 1. The quantitative estimate of drug-likeness (QED) is 0.798. The fourth-order valence-electron chi connectivity index (χ4n) is 1.20. The van der Waals surface area contributed by atoms with Gasteiger partial charge in [0.25, 0.3) is 5.24 Å². The van der Waals surface area contributed by atoms with Crippen molar-refractivity contribution < 1.29 is 9.53 Å². The molecular weight excluding hydrogens is 210 g/mol. The predicted molar refractivity (Wildman–Crippen MR) is 63.5 cm³/mol. The number of hydrogen-bond donors (Lipinski definition) is 1. The van der Waals surface area contributed by atoms with Gasteiger partial charge in [-0.15, -0.1) is 0 Å². The van der Waals surface area contributed by atoms with Crippen molar-refractivity contribution in [2.75, 3.05) is 13.7 Å². The third-order valence-corrected chi connectivity index (χ3v) is 2.32. The summed E-state index contributed by atoms with van der Waals surface area (Å²) in [5.74, 6) is 0.848. The molecule has 0 fully saturated rings. The zero-order chi connectivity index (χ0) is 11.3. The Morgan fingerprint density at radius 2 is 2.00 bits per heavy atom. The van der Waals surface area contributed by atoms with Crippen molar-refractivity contribution in [1.82, 2.24) is 4.90 Å². The van der Waals surface area contributed by atoms with Crippen LogP contribution in [0.5, 0.6) is 5.75 Å². The number of amides is 1. The second kappa shape index (κ2) is 5.66. The molecular formula is C11H15NO2S. The molecule has 0 unspecified atom stereocenters. The van der Waals surface area contributed by atoms with Crippen LogP contribution in [-0.4, -0.2) is 23.8 Å². The molecule has 0 aliphatic heterocycles. The van der Waals surface area contributed by atoms with E-state index in [2.05, 4.69) is 12.6 Å². The SMILES string of the molecule is CCOc1ccc(CN(C)C(=O)S)cc1. The summed E-state index contributed by atoms with van der Waals surface area (Å²) in [6.07, 6.45) is 0. The highest BCUT2D eigenvalue weighted by atomic mass is 32.1. The number of rotatable bonds is 4. The average Bonchev–Trinajstić information content (AvgIpc) is 2.21. The second-order valence-corrected chi connectivity index (χ2v) is 3.60. The van der Waals surface area contributed by atoms with E-state index in [1.165, 1.54) is 0 Å². The first-order valence-electron chi connectivity index (χ1n) is 4.79. The Hall–Kier alpha value is -1.16. The van der Waals surface area contributed by atoms with Crippen molar-refractivity contribution in [3.05, 3.63) is 29.8 Å². The summed E-state index contributed by atoms with van der Waals surface area (Å²) in [5.41, 5.74) is 1.06. The number of ether oxygens (including phenoxy) is 1. The van der Waals surface area contributed by atoms with Crippen LogP contribution in [0.15, 0.2) is 24.3 Å². The van der Waals surface area contributed by atoms with Crippen molar-refractivity contribution in [3.8, 4) is 5.75 Å². The van der Waals surface area contributed by atoms with E-state index in [9.17, 15) is 4.79 Å². The summed E-state index contributed by atoms with van der Waals surface area (Å²) in [4.78, 5) is 12.4. The van der Waals surface area contributed by atoms with Gasteiger partial charge in [0.1, 0.15) is 5.75 Å². The van der Waals surface area contributed by atoms with Gasteiger partial charge in [0, 0.05) is 13.6 Å². The van der Waals surface area contributed by atoms with E-state index in [0.717, 1.165) is 11.3 Å². The van der Waals surface area contributed by atoms with Crippen molar-refractivity contribution >= 4 is 17.9 Å². The third kappa shape index (κ3) is 3.83. The van der Waals surface area contributed by atoms with Gasteiger partial charge in [-0.3, -0.25) is 4.79 Å². The first kappa shape index (κ1) is 11.9. The van der Waals surface area contributed by atoms with Crippen LogP contribution in [0.1, 0.15) is 12.5 Å². The Bertz CT molecular complexity index is 324. The number of thiol groups is 1. The lowest BCUT2D eigenvalue weighted by molar-refractivity contribution is 0.232. The summed E-state index contributed by atoms with van der Waals surface area (Å²) in [5, 5.41) is -0.233. The Labute approximate surface area is 95.4 Å². The van der Waals surface area contributed by atoms with E-state index in [1.54, 1.807) is 11.9 Å². The molecule has 0 N–H and O–H groups in total. The lowest BCUT2D eigenvalue weighted by atomic mass is 10.2. The number of benzene rings is 1. The van der Waals surface area contributed by atoms with E-state index in [-0.39, 0.29) is 5.24 Å². The van der Waals surface area contributed by atoms with Crippen LogP contribution in [0.2, 0.25) is 0 Å². The Kier molecular flexibility index (Phi) is 4.49. The van der Waals surface area contributed by atoms with Crippen molar-refractivity contribution in [2.24, 2.45) is 0 Å². The van der Waals surface area contributed by atoms with Crippen LogP contribution >= 0.6 is 12.6 Å². The van der Waals surface area contributed by atoms with E-state index < -0.39 is 0 Å². The molecule has 1 aromatic carbocycles. The van der Waals surface area contributed by atoms with Crippen LogP contribution < -0.4 is 4.74 Å². The molecule has 1 amide bonds. The lowest BCUT2D eigenvalue weighted by Gasteiger charge is -2.14. The molecule has 82 valence electrons. The first-order valence-corrected chi connectivity index (χ1v) is 5.24. The Balaban J connectivity index is 2.60. The molecule has 1 rings (SSSR count). The van der Waals surface area contributed by atoms with Crippen LogP contribution in [0, 0.1) is 0 Å². The minimum Gasteiger partial charge on any atom is -0.494 e. The Morgan fingerprint density at radius 1 is 1.40 bits per heavy atom. The molecule has 0 saturated heterocycles. The average molecular weight is 225 g/mol. The molecule has 15 heavy (non-hydrogen) atoms. The standard InChI is InChI=1S/C11H15NO2S/c1-3-14-10-6-4-9(5-7-10)8-12(2)11(13)15/h4-7H,3,8H2,1-2H3,(H,13,15). The molecule has 0 aliphatic carbocycles. The smallest absolute Gasteiger partial charge is 0.278 e. The second-order valence-electron chi connectivity index (χ2n) is 3.22. The molecule has 0 atom stereocenters. The number of carbonyl (C=O) groups is 1. The summed E-state index contributed by atoms with van der Waals surface area (Å²) in [6, 6.07) is 7.68. The zero-order valence-electron chi connectivity index (χ0n) is 8.93. The Morgan fingerprint density at radius 3 is 2.47 bits per heavy atom. The summed E-state index contributed by atoms with van der Waals surface area (Å²) >= 11 is 3.74. The maximum Gasteiger partial charge on any atom is 0.278 e. The van der Waals surface area contributed by atoms with E-state index in [4.69, 9.17) is 4.74 Å². The number of hydrogen-bond acceptors (Lipinski definition) is 2. The van der Waals surface area contributed by atoms with E-state index >= 15 is 0 Å². The van der Waals surface area contributed by atoms with Crippen molar-refractivity contribution in [1.29, 1.82) is 0 Å². The van der Waals surface area contributed by atoms with Gasteiger partial charge in [-0.05, 0) is 24.6 Å². The van der Waals surface area contributed by atoms with Gasteiger partial charge in [-0.25, -0.2) is 0 Å². The van der Waals surface area contributed by atoms with Gasteiger partial charge in [-0.2, -0.15) is 0 Å². The third-order valence-electron chi connectivity index (χ3n) is 1.98. The summed E-state index contributed by atoms with van der Waals surface area (Å²) in [6.45, 7) is 3.17. The highest BCUT2D eigenvalue weighted by Crippen LogP contribution is 2.13. The minimum atomic E-state index is -0.233. The predicted octanol–water partition coefficient (Wildman–Crippen LogP) is 2.57. The fraction of sp³-hybridized carbons (Fsp3) is 0.364. The summed E-state index contributed by atoms with van der Waals surface area (Å²) in [7, 11) is 1.71. The van der Waals surface area contributed by atoms with Crippen LogP contribution in [0.3, 0.4) is 0 Å². The molecule has 4 heteroatoms. The van der Waals surface area contributed by atoms with Crippen LogP contribution in [0.25, 0.3) is 0 Å². The maximum atomic E-state index is 10.9. The summed E-state index contributed by atoms with van der Waals surface area (Å²) < 4.78 is 5.32. The largest absolute Gasteiger partial charge is 0.494 e.